The molecule has 0 radical (unpaired) electrons. The number of rotatable bonds is 8. The van der Waals surface area contributed by atoms with Crippen LogP contribution < -0.4 is 15.6 Å². The molecule has 2 aromatic carbocycles. The van der Waals surface area contributed by atoms with Crippen molar-refractivity contribution in [2.45, 2.75) is 30.8 Å². The van der Waals surface area contributed by atoms with Crippen LogP contribution in [0.5, 0.6) is 5.75 Å². The van der Waals surface area contributed by atoms with Crippen LogP contribution in [0.2, 0.25) is 0 Å². The van der Waals surface area contributed by atoms with E-state index in [9.17, 15) is 9.59 Å². The number of thioether (sulfide) groups is 1. The molecule has 2 heterocycles. The Balaban J connectivity index is 1.35. The Kier molecular flexibility index (Phi) is 6.69. The van der Waals surface area contributed by atoms with Gasteiger partial charge in [-0.25, -0.2) is 4.98 Å². The molecular weight excluding hydrogens is 466 g/mol. The summed E-state index contributed by atoms with van der Waals surface area (Å²) in [6.07, 6.45) is 3.72. The Labute approximate surface area is 206 Å². The maximum absolute atomic E-state index is 13.6. The van der Waals surface area contributed by atoms with Crippen molar-refractivity contribution < 1.29 is 9.53 Å². The number of thiophene rings is 1. The fourth-order valence-corrected chi connectivity index (χ4v) is 6.50. The molecule has 1 N–H and O–H groups in total. The third kappa shape index (κ3) is 4.48. The van der Waals surface area contributed by atoms with Gasteiger partial charge >= 0.3 is 0 Å². The lowest BCUT2D eigenvalue weighted by Crippen LogP contribution is -2.28. The highest BCUT2D eigenvalue weighted by Crippen LogP contribution is 2.36. The molecule has 174 valence electrons. The summed E-state index contributed by atoms with van der Waals surface area (Å²) in [6, 6.07) is 17.3. The van der Waals surface area contributed by atoms with E-state index in [1.807, 2.05) is 54.6 Å². The normalized spacial score (nSPS) is 12.6. The number of carbonyl (C=O) groups excluding carboxylic acids is 1. The lowest BCUT2D eigenvalue weighted by molar-refractivity contribution is -0.118. The van der Waals surface area contributed by atoms with Crippen LogP contribution in [0.1, 0.15) is 22.4 Å². The van der Waals surface area contributed by atoms with E-state index in [-0.39, 0.29) is 17.2 Å². The lowest BCUT2D eigenvalue weighted by Gasteiger charge is -2.13. The second kappa shape index (κ2) is 10.0. The fraction of sp³-hybridized carbons (Fsp3) is 0.269. The molecule has 0 spiro atoms. The van der Waals surface area contributed by atoms with Gasteiger partial charge in [-0.1, -0.05) is 48.2 Å². The molecule has 8 heteroatoms. The van der Waals surface area contributed by atoms with Crippen molar-refractivity contribution in [1.29, 1.82) is 0 Å². The molecule has 4 aromatic rings. The third-order valence-electron chi connectivity index (χ3n) is 5.96. The van der Waals surface area contributed by atoms with E-state index in [1.165, 1.54) is 16.6 Å². The Morgan fingerprint density at radius 1 is 1.15 bits per heavy atom. The molecule has 1 amide bonds. The van der Waals surface area contributed by atoms with Crippen LogP contribution in [-0.2, 0) is 24.1 Å². The van der Waals surface area contributed by atoms with Gasteiger partial charge < -0.3 is 10.1 Å². The number of nitrogens with zero attached hydrogens (tertiary/aromatic N) is 2. The minimum Gasteiger partial charge on any atom is -0.496 e. The Bertz CT molecular complexity index is 1400. The summed E-state index contributed by atoms with van der Waals surface area (Å²) in [5, 5.41) is 4.25. The number of carbonyl (C=O) groups is 1. The summed E-state index contributed by atoms with van der Waals surface area (Å²) in [5.41, 5.74) is 2.93. The zero-order chi connectivity index (χ0) is 23.5. The van der Waals surface area contributed by atoms with Gasteiger partial charge in [-0.05, 0) is 55.0 Å². The Morgan fingerprint density at radius 3 is 2.76 bits per heavy atom. The number of ether oxygens (including phenoxy) is 1. The Hall–Kier alpha value is -3.10. The largest absolute Gasteiger partial charge is 0.496 e. The highest BCUT2D eigenvalue weighted by Gasteiger charge is 2.24. The number of methoxy groups -OCH3 is 1. The zero-order valence-electron chi connectivity index (χ0n) is 18.9. The average Bonchev–Trinajstić information content (AvgIpc) is 3.45. The number of benzene rings is 2. The minimum atomic E-state index is -0.0949. The van der Waals surface area contributed by atoms with Crippen molar-refractivity contribution in [1.82, 2.24) is 14.9 Å². The number of aromatic nitrogens is 2. The van der Waals surface area contributed by atoms with Gasteiger partial charge in [0.25, 0.3) is 5.56 Å². The molecule has 1 aliphatic rings. The molecule has 6 nitrogen and oxygen atoms in total. The summed E-state index contributed by atoms with van der Waals surface area (Å²) in [6.45, 7) is 0.509. The monoisotopic (exact) mass is 491 g/mol. The van der Waals surface area contributed by atoms with E-state index in [1.54, 1.807) is 23.0 Å². The van der Waals surface area contributed by atoms with Gasteiger partial charge in [-0.2, -0.15) is 0 Å². The maximum atomic E-state index is 13.6. The van der Waals surface area contributed by atoms with Gasteiger partial charge in [0.2, 0.25) is 5.91 Å². The smallest absolute Gasteiger partial charge is 0.267 e. The molecule has 0 bridgehead atoms. The van der Waals surface area contributed by atoms with Gasteiger partial charge in [0.05, 0.1) is 23.9 Å². The van der Waals surface area contributed by atoms with Gasteiger partial charge in [-0.15, -0.1) is 11.3 Å². The zero-order valence-corrected chi connectivity index (χ0v) is 20.5. The first-order chi connectivity index (χ1) is 16.7. The first-order valence-electron chi connectivity index (χ1n) is 11.3. The number of nitrogens with one attached hydrogen (secondary N) is 1. The highest BCUT2D eigenvalue weighted by molar-refractivity contribution is 7.99. The van der Waals surface area contributed by atoms with Gasteiger partial charge in [0.15, 0.2) is 5.16 Å². The number of hydrogen-bond acceptors (Lipinski definition) is 6. The molecule has 0 unspecified atom stereocenters. The maximum Gasteiger partial charge on any atom is 0.267 e. The summed E-state index contributed by atoms with van der Waals surface area (Å²) < 4.78 is 7.03. The fourth-order valence-electron chi connectivity index (χ4n) is 4.35. The molecule has 0 aliphatic heterocycles. The number of amides is 1. The molecular formula is C26H25N3O3S2. The van der Waals surface area contributed by atoms with Crippen molar-refractivity contribution in [2.75, 3.05) is 19.4 Å². The first kappa shape index (κ1) is 22.7. The van der Waals surface area contributed by atoms with Crippen LogP contribution in [0, 0.1) is 0 Å². The van der Waals surface area contributed by atoms with Crippen LogP contribution in [0.15, 0.2) is 64.5 Å². The summed E-state index contributed by atoms with van der Waals surface area (Å²) in [4.78, 5) is 33.1. The lowest BCUT2D eigenvalue weighted by atomic mass is 10.1. The average molecular weight is 492 g/mol. The van der Waals surface area contributed by atoms with Crippen LogP contribution in [0.4, 0.5) is 0 Å². The van der Waals surface area contributed by atoms with E-state index in [2.05, 4.69) is 5.32 Å². The highest BCUT2D eigenvalue weighted by atomic mass is 32.2. The van der Waals surface area contributed by atoms with Gasteiger partial charge in [-0.3, -0.25) is 14.2 Å². The van der Waals surface area contributed by atoms with Gasteiger partial charge in [0, 0.05) is 11.4 Å². The summed E-state index contributed by atoms with van der Waals surface area (Å²) in [7, 11) is 1.65. The van der Waals surface area contributed by atoms with E-state index >= 15 is 0 Å². The second-order valence-corrected chi connectivity index (χ2v) is 10.1. The van der Waals surface area contributed by atoms with Crippen LogP contribution in [0.25, 0.3) is 15.9 Å². The van der Waals surface area contributed by atoms with Crippen molar-refractivity contribution in [3.05, 3.63) is 81.0 Å². The van der Waals surface area contributed by atoms with Crippen LogP contribution in [-0.4, -0.2) is 34.9 Å². The van der Waals surface area contributed by atoms with E-state index < -0.39 is 0 Å². The number of fused-ring (bicyclic) bond motifs is 3. The van der Waals surface area contributed by atoms with Crippen molar-refractivity contribution in [2.24, 2.45) is 0 Å². The molecule has 2 aromatic heterocycles. The second-order valence-electron chi connectivity index (χ2n) is 8.11. The predicted molar refractivity (Wildman–Crippen MR) is 138 cm³/mol. The van der Waals surface area contributed by atoms with E-state index in [4.69, 9.17) is 9.72 Å². The van der Waals surface area contributed by atoms with Crippen molar-refractivity contribution >= 4 is 39.2 Å². The number of hydrogen-bond donors (Lipinski definition) is 1. The molecule has 0 atom stereocenters. The standard InChI is InChI=1S/C26H25N3O3S2/c1-32-20-12-6-5-8-17(20)14-15-27-22(30)16-33-26-28-24-23(19-11-7-13-21(19)34-24)25(31)29(26)18-9-3-2-4-10-18/h2-6,8-10,12H,7,11,13-16H2,1H3,(H,27,30). The van der Waals surface area contributed by atoms with Crippen LogP contribution in [0.3, 0.4) is 0 Å². The van der Waals surface area contributed by atoms with Crippen molar-refractivity contribution in [3.63, 3.8) is 0 Å². The van der Waals surface area contributed by atoms with Crippen LogP contribution >= 0.6 is 23.1 Å². The third-order valence-corrected chi connectivity index (χ3v) is 8.09. The Morgan fingerprint density at radius 2 is 1.94 bits per heavy atom. The number of aryl methyl sites for hydroxylation is 2. The summed E-state index contributed by atoms with van der Waals surface area (Å²) in [5.74, 6) is 0.905. The molecule has 1 aliphatic carbocycles. The van der Waals surface area contributed by atoms with Crippen molar-refractivity contribution in [3.8, 4) is 11.4 Å². The SMILES string of the molecule is COc1ccccc1CCNC(=O)CSc1nc2sc3c(c2c(=O)n1-c1ccccc1)CCC3. The first-order valence-corrected chi connectivity index (χ1v) is 13.1. The molecule has 0 saturated carbocycles. The summed E-state index contributed by atoms with van der Waals surface area (Å²) >= 11 is 2.91. The molecule has 34 heavy (non-hydrogen) atoms. The van der Waals surface area contributed by atoms with Gasteiger partial charge in [0.1, 0.15) is 10.6 Å². The molecule has 5 rings (SSSR count). The topological polar surface area (TPSA) is 73.2 Å². The molecule has 0 fully saturated rings. The number of para-hydroxylation sites is 2. The quantitative estimate of drug-likeness (QED) is 0.292. The van der Waals surface area contributed by atoms with E-state index in [0.29, 0.717) is 18.1 Å². The minimum absolute atomic E-state index is 0.0466. The van der Waals surface area contributed by atoms with E-state index in [0.717, 1.165) is 52.0 Å². The predicted octanol–water partition coefficient (Wildman–Crippen LogP) is 4.40. The molecule has 0 saturated heterocycles.